The molecule has 1 aromatic heterocycles. The highest BCUT2D eigenvalue weighted by molar-refractivity contribution is 5.70. The molecule has 0 amide bonds. The first-order valence-corrected chi connectivity index (χ1v) is 14.9. The van der Waals surface area contributed by atoms with Crippen LogP contribution in [0, 0.1) is 11.8 Å². The summed E-state index contributed by atoms with van der Waals surface area (Å²) in [7, 11) is 0. The van der Waals surface area contributed by atoms with Gasteiger partial charge >= 0.3 is 11.8 Å². The van der Waals surface area contributed by atoms with Gasteiger partial charge in [-0.2, -0.15) is 4.57 Å². The number of aromatic nitrogens is 2. The molecule has 262 valence electrons. The Balaban J connectivity index is 1.49. The molecule has 4 rings (SSSR count). The smallest absolute Gasteiger partial charge is 0.425 e. The van der Waals surface area contributed by atoms with Crippen molar-refractivity contribution >= 4 is 6.09 Å². The van der Waals surface area contributed by atoms with Crippen LogP contribution in [0.2, 0.25) is 0 Å². The van der Waals surface area contributed by atoms with Crippen LogP contribution >= 0.6 is 0 Å². The zero-order chi connectivity index (χ0) is 34.4. The van der Waals surface area contributed by atoms with Gasteiger partial charge in [0.15, 0.2) is 18.8 Å². The molecule has 18 heteroatoms. The zero-order valence-electron chi connectivity index (χ0n) is 26.0. The highest BCUT2D eigenvalue weighted by Gasteiger charge is 2.51. The van der Waals surface area contributed by atoms with Crippen LogP contribution in [0.15, 0.2) is 21.9 Å². The lowest BCUT2D eigenvalue weighted by molar-refractivity contribution is -0.360. The van der Waals surface area contributed by atoms with Crippen molar-refractivity contribution < 1.29 is 69.3 Å². The molecular weight excluding hydrogens is 620 g/mol. The topological polar surface area (TPSA) is 269 Å². The molecule has 1 aromatic rings. The molecule has 4 heterocycles. The summed E-state index contributed by atoms with van der Waals surface area (Å²) in [5.41, 5.74) is -3.30. The number of aliphatic hydroxyl groups excluding tert-OH is 8. The SMILES string of the molecule is CC1C(O)[C@H](O)[C@H](CO)O[C@@H]1O[C@@H]1O[C@H](C[C@@H](O)[C@H]2O[C@@H](n3ccc(=O)n(C(=O)OC(C)(C)C)c3=O)[C@H](O)[C@@H]2O)C(O)C(O)[C@H]1C. The Morgan fingerprint density at radius 3 is 1.96 bits per heavy atom. The molecule has 4 unspecified atom stereocenters. The van der Waals surface area contributed by atoms with Crippen molar-refractivity contribution in [3.63, 3.8) is 0 Å². The molecule has 0 aliphatic carbocycles. The summed E-state index contributed by atoms with van der Waals surface area (Å²) in [5.74, 6) is -1.65. The Bertz CT molecular complexity index is 1330. The summed E-state index contributed by atoms with van der Waals surface area (Å²) in [4.78, 5) is 38.0. The van der Waals surface area contributed by atoms with Crippen molar-refractivity contribution in [3.8, 4) is 0 Å². The Morgan fingerprint density at radius 2 is 1.41 bits per heavy atom. The predicted octanol–water partition coefficient (Wildman–Crippen LogP) is -3.66. The largest absolute Gasteiger partial charge is 0.443 e. The van der Waals surface area contributed by atoms with Gasteiger partial charge in [0.05, 0.1) is 31.0 Å². The van der Waals surface area contributed by atoms with Crippen LogP contribution in [0.3, 0.4) is 0 Å². The minimum atomic E-state index is -1.83. The van der Waals surface area contributed by atoms with E-state index in [2.05, 4.69) is 0 Å². The third-order valence-corrected chi connectivity index (χ3v) is 8.45. The first-order valence-electron chi connectivity index (χ1n) is 14.9. The van der Waals surface area contributed by atoms with E-state index in [4.69, 9.17) is 23.7 Å². The van der Waals surface area contributed by atoms with Crippen LogP contribution in [0.4, 0.5) is 4.79 Å². The van der Waals surface area contributed by atoms with Gasteiger partial charge in [0.2, 0.25) is 0 Å². The van der Waals surface area contributed by atoms with Gasteiger partial charge in [0.25, 0.3) is 5.56 Å². The van der Waals surface area contributed by atoms with Gasteiger partial charge in [0, 0.05) is 30.5 Å². The summed E-state index contributed by atoms with van der Waals surface area (Å²) in [5, 5.41) is 84.0. The van der Waals surface area contributed by atoms with Gasteiger partial charge < -0.3 is 64.5 Å². The van der Waals surface area contributed by atoms with Crippen molar-refractivity contribution in [1.82, 2.24) is 9.13 Å². The van der Waals surface area contributed by atoms with Crippen LogP contribution in [0.25, 0.3) is 0 Å². The standard InChI is InChI=1S/C28H44N2O16/c1-10-16(34)18(36)13(42-24(10)45-25-11(2)17(35)19(37)14(9-31)43-25)8-12(32)22-20(38)21(39)23(44-22)29-7-6-15(33)30(26(29)40)27(41)46-28(3,4)5/h6-7,10-14,16-25,31-32,34-39H,8-9H2,1-5H3/t10-,11?,12-,13-,14+,16?,17?,18?,19-,20+,21-,22-,23-,24+,25-/m1/s1. The minimum absolute atomic E-state index is 0.186. The number of hydrogen-bond acceptors (Lipinski definition) is 16. The summed E-state index contributed by atoms with van der Waals surface area (Å²) in [6.45, 7) is 6.99. The summed E-state index contributed by atoms with van der Waals surface area (Å²) in [6.07, 6.45) is -20.1. The summed E-state index contributed by atoms with van der Waals surface area (Å²) in [6, 6.07) is 0.853. The summed E-state index contributed by atoms with van der Waals surface area (Å²) >= 11 is 0. The number of aliphatic hydroxyl groups is 8. The van der Waals surface area contributed by atoms with Crippen molar-refractivity contribution in [2.45, 2.75) is 126 Å². The van der Waals surface area contributed by atoms with Crippen molar-refractivity contribution in [2.24, 2.45) is 11.8 Å². The van der Waals surface area contributed by atoms with E-state index >= 15 is 0 Å². The van der Waals surface area contributed by atoms with Crippen molar-refractivity contribution in [1.29, 1.82) is 0 Å². The molecular formula is C28H44N2O16. The Morgan fingerprint density at radius 1 is 0.870 bits per heavy atom. The molecule has 0 radical (unpaired) electrons. The molecule has 15 atom stereocenters. The Hall–Kier alpha value is -2.33. The summed E-state index contributed by atoms with van der Waals surface area (Å²) < 4.78 is 28.9. The zero-order valence-corrected chi connectivity index (χ0v) is 26.0. The second-order valence-corrected chi connectivity index (χ2v) is 13.0. The van der Waals surface area contributed by atoms with Crippen molar-refractivity contribution in [2.75, 3.05) is 6.61 Å². The van der Waals surface area contributed by atoms with E-state index in [-0.39, 0.29) is 4.57 Å². The van der Waals surface area contributed by atoms with E-state index in [1.54, 1.807) is 0 Å². The number of nitrogens with zero attached hydrogens (tertiary/aromatic N) is 2. The van der Waals surface area contributed by atoms with E-state index in [0.717, 1.165) is 12.3 Å². The molecule has 3 fully saturated rings. The molecule has 0 bridgehead atoms. The molecule has 0 spiro atoms. The quantitative estimate of drug-likeness (QED) is 0.140. The van der Waals surface area contributed by atoms with E-state index in [9.17, 15) is 55.2 Å². The van der Waals surface area contributed by atoms with E-state index < -0.39 is 128 Å². The van der Waals surface area contributed by atoms with Gasteiger partial charge in [-0.1, -0.05) is 13.8 Å². The van der Waals surface area contributed by atoms with Gasteiger partial charge in [-0.05, 0) is 20.8 Å². The maximum absolute atomic E-state index is 13.1. The molecule has 3 saturated heterocycles. The molecule has 0 aromatic carbocycles. The highest BCUT2D eigenvalue weighted by atomic mass is 16.8. The van der Waals surface area contributed by atoms with E-state index in [1.807, 2.05) is 0 Å². The third kappa shape index (κ3) is 7.23. The van der Waals surface area contributed by atoms with Gasteiger partial charge in [-0.25, -0.2) is 9.59 Å². The molecule has 18 nitrogen and oxygen atoms in total. The lowest BCUT2D eigenvalue weighted by atomic mass is 9.88. The molecule has 46 heavy (non-hydrogen) atoms. The van der Waals surface area contributed by atoms with Crippen LogP contribution in [-0.4, -0.2) is 142 Å². The maximum atomic E-state index is 13.1. The Labute approximate surface area is 262 Å². The molecule has 8 N–H and O–H groups in total. The van der Waals surface area contributed by atoms with Crippen LogP contribution in [0.1, 0.15) is 47.3 Å². The second kappa shape index (κ2) is 14.0. The molecule has 3 aliphatic heterocycles. The highest BCUT2D eigenvalue weighted by Crippen LogP contribution is 2.36. The monoisotopic (exact) mass is 664 g/mol. The maximum Gasteiger partial charge on any atom is 0.425 e. The lowest BCUT2D eigenvalue weighted by Gasteiger charge is -2.46. The van der Waals surface area contributed by atoms with Crippen LogP contribution in [0.5, 0.6) is 0 Å². The predicted molar refractivity (Wildman–Crippen MR) is 151 cm³/mol. The fourth-order valence-corrected chi connectivity index (χ4v) is 5.69. The lowest BCUT2D eigenvalue weighted by Crippen LogP contribution is -2.59. The number of ether oxygens (including phenoxy) is 5. The van der Waals surface area contributed by atoms with Crippen molar-refractivity contribution in [3.05, 3.63) is 33.1 Å². The normalized spacial score (nSPS) is 40.9. The van der Waals surface area contributed by atoms with E-state index in [0.29, 0.717) is 4.57 Å². The number of carbonyl (C=O) groups is 1. The van der Waals surface area contributed by atoms with Crippen LogP contribution < -0.4 is 11.2 Å². The second-order valence-electron chi connectivity index (χ2n) is 13.0. The van der Waals surface area contributed by atoms with E-state index in [1.165, 1.54) is 34.6 Å². The van der Waals surface area contributed by atoms with Gasteiger partial charge in [0.1, 0.15) is 42.2 Å². The fraction of sp³-hybridized carbons (Fsp3) is 0.821. The third-order valence-electron chi connectivity index (χ3n) is 8.45. The van der Waals surface area contributed by atoms with Crippen LogP contribution in [-0.2, 0) is 23.7 Å². The average molecular weight is 665 g/mol. The average Bonchev–Trinajstić information content (AvgIpc) is 3.27. The Kier molecular flexibility index (Phi) is 11.1. The van der Waals surface area contributed by atoms with Gasteiger partial charge in [-0.3, -0.25) is 9.36 Å². The molecule has 3 aliphatic rings. The fourth-order valence-electron chi connectivity index (χ4n) is 5.69. The first kappa shape index (κ1) is 36.5. The molecule has 0 saturated carbocycles. The number of carbonyl (C=O) groups excluding carboxylic acids is 1. The first-order chi connectivity index (χ1) is 21.4. The van der Waals surface area contributed by atoms with Gasteiger partial charge in [-0.15, -0.1) is 0 Å². The number of rotatable bonds is 7. The minimum Gasteiger partial charge on any atom is -0.443 e. The number of hydrogen-bond donors (Lipinski definition) is 8.